The van der Waals surface area contributed by atoms with Crippen molar-refractivity contribution in [1.82, 2.24) is 9.27 Å². The van der Waals surface area contributed by atoms with Crippen LogP contribution in [-0.4, -0.2) is 35.5 Å². The van der Waals surface area contributed by atoms with Crippen LogP contribution in [0.15, 0.2) is 24.3 Å². The number of hydrogen-bond acceptors (Lipinski definition) is 4. The Balaban J connectivity index is 1.95. The van der Waals surface area contributed by atoms with E-state index in [9.17, 15) is 0 Å². The van der Waals surface area contributed by atoms with Gasteiger partial charge in [-0.25, -0.2) is 0 Å². The first-order valence-electron chi connectivity index (χ1n) is 6.15. The van der Waals surface area contributed by atoms with E-state index in [1.807, 2.05) is 6.07 Å². The smallest absolute Gasteiger partial charge is 0.117 e. The fourth-order valence-electron chi connectivity index (χ4n) is 1.88. The molecule has 1 aromatic carbocycles. The van der Waals surface area contributed by atoms with Gasteiger partial charge in [0.2, 0.25) is 0 Å². The van der Waals surface area contributed by atoms with Crippen molar-refractivity contribution in [2.45, 2.75) is 13.8 Å². The molecule has 0 aliphatic carbocycles. The van der Waals surface area contributed by atoms with Gasteiger partial charge in [0, 0.05) is 18.5 Å². The Kier molecular flexibility index (Phi) is 4.34. The molecule has 0 saturated carbocycles. The summed E-state index contributed by atoms with van der Waals surface area (Å²) in [7, 11) is 0. The van der Waals surface area contributed by atoms with Crippen LogP contribution in [0.4, 0.5) is 5.00 Å². The van der Waals surface area contributed by atoms with E-state index in [0.717, 1.165) is 31.7 Å². The Labute approximate surface area is 107 Å². The minimum Gasteiger partial charge on any atom is -0.374 e. The summed E-state index contributed by atoms with van der Waals surface area (Å²) in [5.74, 6) is 0. The van der Waals surface area contributed by atoms with Crippen LogP contribution < -0.4 is 5.32 Å². The van der Waals surface area contributed by atoms with Gasteiger partial charge in [-0.2, -0.15) is 4.37 Å². The molecule has 0 radical (unpaired) electrons. The summed E-state index contributed by atoms with van der Waals surface area (Å²) in [6.07, 6.45) is 0. The maximum Gasteiger partial charge on any atom is 0.117 e. The maximum atomic E-state index is 4.42. The third-order valence-corrected chi connectivity index (χ3v) is 3.83. The van der Waals surface area contributed by atoms with E-state index >= 15 is 0 Å². The summed E-state index contributed by atoms with van der Waals surface area (Å²) in [5, 5.41) is 5.90. The first-order valence-corrected chi connectivity index (χ1v) is 6.93. The summed E-state index contributed by atoms with van der Waals surface area (Å²) in [6, 6.07) is 8.27. The number of fused-ring (bicyclic) bond motifs is 1. The molecule has 0 unspecified atom stereocenters. The molecule has 0 aliphatic heterocycles. The van der Waals surface area contributed by atoms with Gasteiger partial charge >= 0.3 is 0 Å². The Hall–Kier alpha value is -1.13. The summed E-state index contributed by atoms with van der Waals surface area (Å²) in [6.45, 7) is 8.69. The minimum atomic E-state index is 0.980. The number of aromatic nitrogens is 1. The lowest BCUT2D eigenvalue weighted by Crippen LogP contribution is -2.28. The van der Waals surface area contributed by atoms with Crippen molar-refractivity contribution in [1.29, 1.82) is 0 Å². The Morgan fingerprint density at radius 2 is 2.00 bits per heavy atom. The normalized spacial score (nSPS) is 11.2. The van der Waals surface area contributed by atoms with E-state index in [0.29, 0.717) is 0 Å². The largest absolute Gasteiger partial charge is 0.374 e. The van der Waals surface area contributed by atoms with Gasteiger partial charge in [0.25, 0.3) is 0 Å². The van der Waals surface area contributed by atoms with Gasteiger partial charge in [-0.15, -0.1) is 0 Å². The lowest BCUT2D eigenvalue weighted by atomic mass is 10.2. The number of anilines is 1. The summed E-state index contributed by atoms with van der Waals surface area (Å²) in [5.41, 5.74) is 1.09. The Morgan fingerprint density at radius 3 is 2.76 bits per heavy atom. The van der Waals surface area contributed by atoms with E-state index in [-0.39, 0.29) is 0 Å². The monoisotopic (exact) mass is 249 g/mol. The van der Waals surface area contributed by atoms with Crippen LogP contribution in [0.25, 0.3) is 10.9 Å². The third-order valence-electron chi connectivity index (χ3n) is 2.99. The molecule has 0 bridgehead atoms. The molecule has 1 aromatic heterocycles. The first-order chi connectivity index (χ1) is 8.35. The van der Waals surface area contributed by atoms with Crippen molar-refractivity contribution in [2.24, 2.45) is 0 Å². The standard InChI is InChI=1S/C13H19N3S/c1-3-16(4-2)10-9-14-13-11-7-5-6-8-12(11)15-17-13/h5-8,14H,3-4,9-10H2,1-2H3. The highest BCUT2D eigenvalue weighted by atomic mass is 32.1. The summed E-state index contributed by atoms with van der Waals surface area (Å²) >= 11 is 1.55. The van der Waals surface area contributed by atoms with E-state index in [1.165, 1.54) is 10.4 Å². The van der Waals surface area contributed by atoms with E-state index in [1.54, 1.807) is 11.5 Å². The number of likely N-dealkylation sites (N-methyl/N-ethyl adjacent to an activating group) is 1. The number of benzene rings is 1. The fraction of sp³-hybridized carbons (Fsp3) is 0.462. The Morgan fingerprint density at radius 1 is 1.24 bits per heavy atom. The van der Waals surface area contributed by atoms with Gasteiger partial charge < -0.3 is 10.2 Å². The fourth-order valence-corrected chi connectivity index (χ4v) is 2.67. The highest BCUT2D eigenvalue weighted by Gasteiger charge is 2.04. The Bertz CT molecular complexity index is 462. The number of nitrogens with zero attached hydrogens (tertiary/aromatic N) is 2. The summed E-state index contributed by atoms with van der Waals surface area (Å²) < 4.78 is 4.42. The van der Waals surface area contributed by atoms with Crippen LogP contribution in [0.1, 0.15) is 13.8 Å². The van der Waals surface area contributed by atoms with Gasteiger partial charge in [0.1, 0.15) is 5.00 Å². The molecule has 3 nitrogen and oxygen atoms in total. The van der Waals surface area contributed by atoms with Crippen LogP contribution >= 0.6 is 11.5 Å². The molecule has 0 fully saturated rings. The lowest BCUT2D eigenvalue weighted by molar-refractivity contribution is 0.316. The summed E-state index contributed by atoms with van der Waals surface area (Å²) in [4.78, 5) is 2.41. The van der Waals surface area contributed by atoms with Crippen molar-refractivity contribution in [3.05, 3.63) is 24.3 Å². The van der Waals surface area contributed by atoms with Crippen LogP contribution in [-0.2, 0) is 0 Å². The average molecular weight is 249 g/mol. The molecule has 2 rings (SSSR count). The molecule has 17 heavy (non-hydrogen) atoms. The molecule has 1 N–H and O–H groups in total. The maximum absolute atomic E-state index is 4.42. The third kappa shape index (κ3) is 2.96. The van der Waals surface area contributed by atoms with Crippen molar-refractivity contribution < 1.29 is 0 Å². The number of nitrogens with one attached hydrogen (secondary N) is 1. The van der Waals surface area contributed by atoms with Crippen molar-refractivity contribution in [2.75, 3.05) is 31.5 Å². The topological polar surface area (TPSA) is 28.2 Å². The van der Waals surface area contributed by atoms with Crippen LogP contribution in [0.2, 0.25) is 0 Å². The average Bonchev–Trinajstić information content (AvgIpc) is 2.78. The molecule has 0 atom stereocenters. The van der Waals surface area contributed by atoms with E-state index < -0.39 is 0 Å². The van der Waals surface area contributed by atoms with Crippen molar-refractivity contribution in [3.8, 4) is 0 Å². The first kappa shape index (κ1) is 12.3. The van der Waals surface area contributed by atoms with Crippen molar-refractivity contribution in [3.63, 3.8) is 0 Å². The van der Waals surface area contributed by atoms with Crippen molar-refractivity contribution >= 4 is 27.4 Å². The second kappa shape index (κ2) is 5.98. The van der Waals surface area contributed by atoms with Gasteiger partial charge in [-0.05, 0) is 36.8 Å². The molecule has 0 spiro atoms. The number of hydrogen-bond donors (Lipinski definition) is 1. The van der Waals surface area contributed by atoms with E-state index in [4.69, 9.17) is 0 Å². The lowest BCUT2D eigenvalue weighted by Gasteiger charge is -2.17. The van der Waals surface area contributed by atoms with Crippen LogP contribution in [0, 0.1) is 0 Å². The molecular formula is C13H19N3S. The highest BCUT2D eigenvalue weighted by Crippen LogP contribution is 2.26. The molecule has 2 aromatic rings. The minimum absolute atomic E-state index is 0.980. The van der Waals surface area contributed by atoms with Crippen LogP contribution in [0.3, 0.4) is 0 Å². The number of rotatable bonds is 6. The van der Waals surface area contributed by atoms with Gasteiger partial charge in [0.15, 0.2) is 0 Å². The van der Waals surface area contributed by atoms with Gasteiger partial charge in [0.05, 0.1) is 5.52 Å². The molecule has 4 heteroatoms. The molecule has 0 aliphatic rings. The highest BCUT2D eigenvalue weighted by molar-refractivity contribution is 7.11. The second-order valence-corrected chi connectivity index (χ2v) is 4.76. The van der Waals surface area contributed by atoms with Gasteiger partial charge in [-0.3, -0.25) is 0 Å². The molecule has 1 heterocycles. The quantitative estimate of drug-likeness (QED) is 0.853. The van der Waals surface area contributed by atoms with Gasteiger partial charge in [-0.1, -0.05) is 26.0 Å². The predicted octanol–water partition coefficient (Wildman–Crippen LogP) is 3.05. The molecule has 0 saturated heterocycles. The second-order valence-electron chi connectivity index (χ2n) is 3.98. The zero-order chi connectivity index (χ0) is 12.1. The van der Waals surface area contributed by atoms with E-state index in [2.05, 4.69) is 46.6 Å². The predicted molar refractivity (Wildman–Crippen MR) is 75.9 cm³/mol. The molecule has 0 amide bonds. The zero-order valence-corrected chi connectivity index (χ0v) is 11.3. The molecule has 92 valence electrons. The zero-order valence-electron chi connectivity index (χ0n) is 10.4. The SMILES string of the molecule is CCN(CC)CCNc1snc2ccccc12. The van der Waals surface area contributed by atoms with Crippen LogP contribution in [0.5, 0.6) is 0 Å². The molecular weight excluding hydrogens is 230 g/mol.